The number of hydrogen-bond acceptors (Lipinski definition) is 4. The van der Waals surface area contributed by atoms with E-state index in [1.54, 1.807) is 12.3 Å². The molecule has 0 spiro atoms. The van der Waals surface area contributed by atoms with Gasteiger partial charge in [0.2, 0.25) is 11.8 Å². The fraction of sp³-hybridized carbons (Fsp3) is 0.577. The second kappa shape index (κ2) is 11.3. The van der Waals surface area contributed by atoms with E-state index in [-0.39, 0.29) is 17.2 Å². The number of imidazole rings is 1. The van der Waals surface area contributed by atoms with E-state index in [0.29, 0.717) is 43.4 Å². The van der Waals surface area contributed by atoms with Gasteiger partial charge in [-0.3, -0.25) is 9.59 Å². The van der Waals surface area contributed by atoms with Gasteiger partial charge in [-0.1, -0.05) is 24.6 Å². The number of halogens is 1. The van der Waals surface area contributed by atoms with Crippen LogP contribution in [0.4, 0.5) is 0 Å². The quantitative estimate of drug-likeness (QED) is 0.561. The number of piperidine rings is 2. The van der Waals surface area contributed by atoms with Crippen LogP contribution in [0.15, 0.2) is 36.7 Å². The minimum atomic E-state index is -0.294. The summed E-state index contributed by atoms with van der Waals surface area (Å²) in [6, 6.07) is 7.38. The Morgan fingerprint density at radius 2 is 1.79 bits per heavy atom. The molecule has 2 amide bonds. The van der Waals surface area contributed by atoms with E-state index in [1.165, 1.54) is 6.42 Å². The summed E-state index contributed by atoms with van der Waals surface area (Å²) in [6.07, 6.45) is 9.68. The van der Waals surface area contributed by atoms with E-state index >= 15 is 0 Å². The highest BCUT2D eigenvalue weighted by atomic mass is 35.5. The number of likely N-dealkylation sites (tertiary alicyclic amines) is 2. The van der Waals surface area contributed by atoms with Crippen molar-refractivity contribution in [2.75, 3.05) is 32.8 Å². The van der Waals surface area contributed by atoms with Crippen molar-refractivity contribution in [1.82, 2.24) is 19.4 Å². The number of nitrogens with zero attached hydrogens (tertiary/aromatic N) is 4. The van der Waals surface area contributed by atoms with Gasteiger partial charge in [0.05, 0.1) is 6.61 Å². The van der Waals surface area contributed by atoms with E-state index in [4.69, 9.17) is 16.3 Å². The maximum absolute atomic E-state index is 13.2. The molecule has 2 aromatic rings. The lowest BCUT2D eigenvalue weighted by atomic mass is 9.75. The largest absolute Gasteiger partial charge is 0.493 e. The van der Waals surface area contributed by atoms with Crippen molar-refractivity contribution in [2.45, 2.75) is 58.4 Å². The number of benzene rings is 1. The van der Waals surface area contributed by atoms with Crippen molar-refractivity contribution in [3.05, 3.63) is 47.5 Å². The second-order valence-corrected chi connectivity index (χ2v) is 10.0. The zero-order valence-corrected chi connectivity index (χ0v) is 20.8. The van der Waals surface area contributed by atoms with Gasteiger partial charge in [-0.2, -0.15) is 0 Å². The third-order valence-corrected chi connectivity index (χ3v) is 7.41. The molecule has 3 heterocycles. The van der Waals surface area contributed by atoms with Crippen LogP contribution in [-0.4, -0.2) is 64.0 Å². The van der Waals surface area contributed by atoms with E-state index in [2.05, 4.69) is 4.98 Å². The van der Waals surface area contributed by atoms with Crippen molar-refractivity contribution in [3.8, 4) is 5.75 Å². The number of ether oxygens (including phenoxy) is 1. The topological polar surface area (TPSA) is 67.7 Å². The van der Waals surface area contributed by atoms with Crippen molar-refractivity contribution in [2.24, 2.45) is 5.41 Å². The molecule has 1 aromatic carbocycles. The van der Waals surface area contributed by atoms with Crippen LogP contribution in [0.25, 0.3) is 0 Å². The first-order chi connectivity index (χ1) is 16.5. The summed E-state index contributed by atoms with van der Waals surface area (Å²) in [5, 5.41) is 0.627. The number of carbonyl (C=O) groups excluding carboxylic acids is 2. The molecule has 1 aromatic heterocycles. The van der Waals surface area contributed by atoms with Crippen LogP contribution in [0.1, 0.15) is 51.3 Å². The summed E-state index contributed by atoms with van der Waals surface area (Å²) in [7, 11) is 0. The Balaban J connectivity index is 1.41. The Morgan fingerprint density at radius 1 is 1.06 bits per heavy atom. The zero-order valence-electron chi connectivity index (χ0n) is 20.0. The molecule has 0 saturated carbocycles. The fourth-order valence-corrected chi connectivity index (χ4v) is 5.20. The smallest absolute Gasteiger partial charge is 0.242 e. The second-order valence-electron chi connectivity index (χ2n) is 9.57. The van der Waals surface area contributed by atoms with Crippen molar-refractivity contribution in [1.29, 1.82) is 0 Å². The molecule has 34 heavy (non-hydrogen) atoms. The van der Waals surface area contributed by atoms with Crippen LogP contribution >= 0.6 is 11.6 Å². The maximum Gasteiger partial charge on any atom is 0.242 e. The minimum Gasteiger partial charge on any atom is -0.493 e. The molecular weight excluding hydrogens is 452 g/mol. The first-order valence-electron chi connectivity index (χ1n) is 12.4. The number of rotatable bonds is 8. The van der Waals surface area contributed by atoms with Gasteiger partial charge in [-0.05, 0) is 50.3 Å². The van der Waals surface area contributed by atoms with Crippen LogP contribution in [0.5, 0.6) is 5.75 Å². The Kier molecular flexibility index (Phi) is 8.14. The lowest BCUT2D eigenvalue weighted by molar-refractivity contribution is -0.138. The van der Waals surface area contributed by atoms with Crippen LogP contribution < -0.4 is 4.74 Å². The van der Waals surface area contributed by atoms with Crippen molar-refractivity contribution in [3.63, 3.8) is 0 Å². The molecule has 8 heteroatoms. The Morgan fingerprint density at radius 3 is 2.50 bits per heavy atom. The first kappa shape index (κ1) is 24.6. The molecule has 184 valence electrons. The van der Waals surface area contributed by atoms with Gasteiger partial charge in [0.15, 0.2) is 0 Å². The molecule has 2 aliphatic rings. The third-order valence-electron chi connectivity index (χ3n) is 7.18. The Bertz CT molecular complexity index is 978. The van der Waals surface area contributed by atoms with Gasteiger partial charge in [0.25, 0.3) is 0 Å². The molecular formula is C26H35ClN4O3. The number of amides is 2. The van der Waals surface area contributed by atoms with Gasteiger partial charge < -0.3 is 19.1 Å². The van der Waals surface area contributed by atoms with E-state index < -0.39 is 0 Å². The van der Waals surface area contributed by atoms with Crippen LogP contribution in [-0.2, 0) is 22.6 Å². The summed E-state index contributed by atoms with van der Waals surface area (Å²) in [5.74, 6) is 1.93. The average Bonchev–Trinajstić information content (AvgIpc) is 3.31. The number of aromatic nitrogens is 2. The highest BCUT2D eigenvalue weighted by Gasteiger charge is 2.40. The summed E-state index contributed by atoms with van der Waals surface area (Å²) in [6.45, 7) is 5.73. The van der Waals surface area contributed by atoms with Gasteiger partial charge in [0.1, 0.15) is 18.1 Å². The molecule has 2 fully saturated rings. The summed E-state index contributed by atoms with van der Waals surface area (Å²) >= 11 is 6.13. The molecule has 0 atom stereocenters. The third kappa shape index (κ3) is 6.12. The summed E-state index contributed by atoms with van der Waals surface area (Å²) in [4.78, 5) is 34.4. The predicted molar refractivity (Wildman–Crippen MR) is 132 cm³/mol. The van der Waals surface area contributed by atoms with Gasteiger partial charge >= 0.3 is 0 Å². The highest BCUT2D eigenvalue weighted by Crippen LogP contribution is 2.37. The molecule has 2 saturated heterocycles. The van der Waals surface area contributed by atoms with Crippen LogP contribution in [0.2, 0.25) is 5.02 Å². The molecule has 4 rings (SSSR count). The molecule has 0 unspecified atom stereocenters. The summed E-state index contributed by atoms with van der Waals surface area (Å²) < 4.78 is 8.08. The summed E-state index contributed by atoms with van der Waals surface area (Å²) in [5.41, 5.74) is -0.294. The first-order valence-corrected chi connectivity index (χ1v) is 12.8. The molecule has 0 bridgehead atoms. The molecule has 2 aliphatic heterocycles. The van der Waals surface area contributed by atoms with Crippen LogP contribution in [0.3, 0.4) is 0 Å². The molecule has 0 radical (unpaired) electrons. The lowest BCUT2D eigenvalue weighted by Crippen LogP contribution is -2.49. The fourth-order valence-electron chi connectivity index (χ4n) is 5.02. The van der Waals surface area contributed by atoms with Crippen molar-refractivity contribution < 1.29 is 14.3 Å². The monoisotopic (exact) mass is 486 g/mol. The van der Waals surface area contributed by atoms with Crippen molar-refractivity contribution >= 4 is 23.4 Å². The highest BCUT2D eigenvalue weighted by molar-refractivity contribution is 6.30. The number of carbonyl (C=O) groups is 2. The van der Waals surface area contributed by atoms with E-state index in [1.807, 2.05) is 45.7 Å². The normalized spacial score (nSPS) is 18.1. The molecule has 0 N–H and O–H groups in total. The number of hydrogen-bond donors (Lipinski definition) is 0. The lowest BCUT2D eigenvalue weighted by Gasteiger charge is -2.42. The Hall–Kier alpha value is -2.54. The van der Waals surface area contributed by atoms with Gasteiger partial charge in [-0.25, -0.2) is 4.98 Å². The van der Waals surface area contributed by atoms with Gasteiger partial charge in [0, 0.05) is 61.9 Å². The standard InChI is InChI=1S/C26H35ClN4O3/c1-2-23-28-11-16-31(23)19-25(33)30-14-9-26(10-15-30,18-24(32)29-12-4-3-5-13-29)20-34-22-8-6-7-21(27)17-22/h6-8,11,16-17H,2-5,9-10,12-15,18-20H2,1H3. The SMILES string of the molecule is CCc1nccn1CC(=O)N1CCC(COc2cccc(Cl)c2)(CC(=O)N2CCCCC2)CC1. The molecule has 7 nitrogen and oxygen atoms in total. The minimum absolute atomic E-state index is 0.0967. The maximum atomic E-state index is 13.2. The van der Waals surface area contributed by atoms with E-state index in [0.717, 1.165) is 51.0 Å². The van der Waals surface area contributed by atoms with Gasteiger partial charge in [-0.15, -0.1) is 0 Å². The Labute approximate surface area is 207 Å². The van der Waals surface area contributed by atoms with E-state index in [9.17, 15) is 9.59 Å². The zero-order chi connectivity index (χ0) is 24.0. The van der Waals surface area contributed by atoms with Crippen LogP contribution in [0, 0.1) is 5.41 Å². The molecule has 0 aliphatic carbocycles. The predicted octanol–water partition coefficient (Wildman–Crippen LogP) is 4.19. The average molecular weight is 487 g/mol. The number of aryl methyl sites for hydroxylation is 1.